The Hall–Kier alpha value is -4.58. The molecule has 2 unspecified atom stereocenters. The van der Waals surface area contributed by atoms with Crippen LogP contribution in [0, 0.1) is 6.92 Å². The molecule has 4 aromatic carbocycles. The first-order valence-corrected chi connectivity index (χ1v) is 12.4. The summed E-state index contributed by atoms with van der Waals surface area (Å²) in [5.74, 6) is 2.24. The lowest BCUT2D eigenvalue weighted by atomic mass is 9.95. The molecule has 0 spiro atoms. The quantitative estimate of drug-likeness (QED) is 0.272. The van der Waals surface area contributed by atoms with Crippen molar-refractivity contribution >= 4 is 16.6 Å². The summed E-state index contributed by atoms with van der Waals surface area (Å²) in [6.07, 6.45) is 0.355. The first-order chi connectivity index (χ1) is 18.2. The van der Waals surface area contributed by atoms with Crippen LogP contribution >= 0.6 is 0 Å². The van der Waals surface area contributed by atoms with E-state index in [0.717, 1.165) is 62.5 Å². The molecular formula is C31H25N3O3. The average Bonchev–Trinajstić information content (AvgIpc) is 3.58. The molecule has 3 heterocycles. The third-order valence-electron chi connectivity index (χ3n) is 7.21. The molecule has 0 amide bonds. The molecule has 0 saturated carbocycles. The summed E-state index contributed by atoms with van der Waals surface area (Å²) in [6.45, 7) is 2.07. The molecule has 0 radical (unpaired) electrons. The van der Waals surface area contributed by atoms with Crippen molar-refractivity contribution < 1.29 is 14.0 Å². The van der Waals surface area contributed by atoms with Crippen LogP contribution in [0.3, 0.4) is 0 Å². The molecular weight excluding hydrogens is 462 g/mol. The molecule has 7 rings (SSSR count). The van der Waals surface area contributed by atoms with Gasteiger partial charge in [-0.1, -0.05) is 83.5 Å². The summed E-state index contributed by atoms with van der Waals surface area (Å²) < 4.78 is 18.1. The third-order valence-corrected chi connectivity index (χ3v) is 7.21. The highest BCUT2D eigenvalue weighted by molar-refractivity contribution is 6.02. The van der Waals surface area contributed by atoms with Crippen LogP contribution in [0.25, 0.3) is 22.2 Å². The lowest BCUT2D eigenvalue weighted by Gasteiger charge is -2.38. The summed E-state index contributed by atoms with van der Waals surface area (Å²) >= 11 is 0. The fourth-order valence-electron chi connectivity index (χ4n) is 5.30. The number of aromatic nitrogens is 1. The smallest absolute Gasteiger partial charge is 0.214 e. The van der Waals surface area contributed by atoms with Gasteiger partial charge in [-0.3, -0.25) is 0 Å². The number of benzene rings is 4. The second-order valence-corrected chi connectivity index (χ2v) is 9.52. The van der Waals surface area contributed by atoms with Crippen LogP contribution in [0.15, 0.2) is 101 Å². The molecule has 182 valence electrons. The van der Waals surface area contributed by atoms with Crippen molar-refractivity contribution in [2.75, 3.05) is 7.11 Å². The van der Waals surface area contributed by atoms with E-state index in [9.17, 15) is 0 Å². The number of hydrazone groups is 1. The number of para-hydroxylation sites is 1. The highest BCUT2D eigenvalue weighted by Gasteiger charge is 2.42. The molecule has 2 atom stereocenters. The number of ether oxygens (including phenoxy) is 2. The fraction of sp³-hybridized carbons (Fsp3) is 0.161. The highest BCUT2D eigenvalue weighted by atomic mass is 16.5. The van der Waals surface area contributed by atoms with Gasteiger partial charge in [0, 0.05) is 23.1 Å². The van der Waals surface area contributed by atoms with E-state index in [1.807, 2.05) is 42.5 Å². The minimum Gasteiger partial charge on any atom is -0.493 e. The zero-order valence-electron chi connectivity index (χ0n) is 20.6. The second kappa shape index (κ2) is 8.52. The monoisotopic (exact) mass is 487 g/mol. The van der Waals surface area contributed by atoms with Crippen LogP contribution in [0.5, 0.6) is 11.5 Å². The Morgan fingerprint density at radius 3 is 2.54 bits per heavy atom. The van der Waals surface area contributed by atoms with Crippen molar-refractivity contribution in [3.05, 3.63) is 113 Å². The molecule has 0 aliphatic carbocycles. The Labute approximate surface area is 214 Å². The minimum atomic E-state index is -0.430. The van der Waals surface area contributed by atoms with Crippen molar-refractivity contribution in [3.63, 3.8) is 0 Å². The van der Waals surface area contributed by atoms with E-state index >= 15 is 0 Å². The molecule has 0 fully saturated rings. The Kier molecular flexibility index (Phi) is 4.99. The standard InChI is InChI=1S/C31H25N3O3/c1-19-11-13-21(14-12-19)29-24-17-22(15-16-25(24)33-37-29)31-34-27(18-26(32-34)20-7-4-3-5-8-20)23-9-6-10-28(35-2)30(23)36-31/h3-17,27,31H,18H2,1-2H3. The van der Waals surface area contributed by atoms with E-state index in [2.05, 4.69) is 65.6 Å². The van der Waals surface area contributed by atoms with Crippen LogP contribution in [0.1, 0.15) is 40.9 Å². The molecule has 5 aromatic rings. The number of rotatable bonds is 4. The van der Waals surface area contributed by atoms with Crippen molar-refractivity contribution in [3.8, 4) is 22.8 Å². The van der Waals surface area contributed by atoms with Crippen LogP contribution in [-0.4, -0.2) is 23.0 Å². The van der Waals surface area contributed by atoms with Gasteiger partial charge in [0.05, 0.1) is 24.2 Å². The van der Waals surface area contributed by atoms with Crippen molar-refractivity contribution in [1.82, 2.24) is 10.2 Å². The van der Waals surface area contributed by atoms with Gasteiger partial charge in [-0.2, -0.15) is 5.10 Å². The maximum absolute atomic E-state index is 6.67. The zero-order valence-corrected chi connectivity index (χ0v) is 20.6. The topological polar surface area (TPSA) is 60.1 Å². The van der Waals surface area contributed by atoms with Crippen molar-refractivity contribution in [1.29, 1.82) is 0 Å². The zero-order chi connectivity index (χ0) is 24.9. The van der Waals surface area contributed by atoms with E-state index in [0.29, 0.717) is 0 Å². The number of hydrogen-bond acceptors (Lipinski definition) is 6. The molecule has 0 saturated heterocycles. The molecule has 0 bridgehead atoms. The first-order valence-electron chi connectivity index (χ1n) is 12.4. The normalized spacial score (nSPS) is 18.2. The summed E-state index contributed by atoms with van der Waals surface area (Å²) in [5.41, 5.74) is 7.21. The predicted molar refractivity (Wildman–Crippen MR) is 143 cm³/mol. The Morgan fingerprint density at radius 1 is 0.892 bits per heavy atom. The lowest BCUT2D eigenvalue weighted by molar-refractivity contribution is -0.0208. The average molecular weight is 488 g/mol. The van der Waals surface area contributed by atoms with E-state index < -0.39 is 6.23 Å². The first kappa shape index (κ1) is 21.7. The van der Waals surface area contributed by atoms with E-state index in [4.69, 9.17) is 19.1 Å². The maximum Gasteiger partial charge on any atom is 0.214 e. The van der Waals surface area contributed by atoms with Gasteiger partial charge in [-0.25, -0.2) is 5.01 Å². The Balaban J connectivity index is 1.36. The highest BCUT2D eigenvalue weighted by Crippen LogP contribution is 2.51. The van der Waals surface area contributed by atoms with Gasteiger partial charge in [0.2, 0.25) is 6.23 Å². The summed E-state index contributed by atoms with van der Waals surface area (Å²) in [6, 6.07) is 30.9. The summed E-state index contributed by atoms with van der Waals surface area (Å²) in [7, 11) is 1.68. The molecule has 1 aromatic heterocycles. The van der Waals surface area contributed by atoms with Gasteiger partial charge in [-0.05, 0) is 30.7 Å². The molecule has 37 heavy (non-hydrogen) atoms. The van der Waals surface area contributed by atoms with Gasteiger partial charge in [0.25, 0.3) is 0 Å². The molecule has 6 heteroatoms. The van der Waals surface area contributed by atoms with Gasteiger partial charge in [-0.15, -0.1) is 0 Å². The summed E-state index contributed by atoms with van der Waals surface area (Å²) in [4.78, 5) is 0. The largest absolute Gasteiger partial charge is 0.493 e. The SMILES string of the molecule is COc1cccc2c1OC(c1ccc3noc(-c4ccc(C)cc4)c3c1)N1N=C(c3ccccc3)CC21. The van der Waals surface area contributed by atoms with Gasteiger partial charge in [0.1, 0.15) is 5.52 Å². The Bertz CT molecular complexity index is 1640. The van der Waals surface area contributed by atoms with Crippen molar-refractivity contribution in [2.45, 2.75) is 25.6 Å². The lowest BCUT2D eigenvalue weighted by Crippen LogP contribution is -2.33. The van der Waals surface area contributed by atoms with E-state index in [1.165, 1.54) is 5.56 Å². The van der Waals surface area contributed by atoms with Crippen LogP contribution < -0.4 is 9.47 Å². The number of aryl methyl sites for hydroxylation is 1. The second-order valence-electron chi connectivity index (χ2n) is 9.52. The van der Waals surface area contributed by atoms with Crippen LogP contribution in [0.4, 0.5) is 0 Å². The van der Waals surface area contributed by atoms with Crippen molar-refractivity contribution in [2.24, 2.45) is 5.10 Å². The van der Waals surface area contributed by atoms with E-state index in [-0.39, 0.29) is 6.04 Å². The fourth-order valence-corrected chi connectivity index (χ4v) is 5.30. The van der Waals surface area contributed by atoms with E-state index in [1.54, 1.807) is 7.11 Å². The summed E-state index contributed by atoms with van der Waals surface area (Å²) in [5, 5.41) is 12.4. The molecule has 0 N–H and O–H groups in total. The predicted octanol–water partition coefficient (Wildman–Crippen LogP) is 7.05. The molecule has 6 nitrogen and oxygen atoms in total. The van der Waals surface area contributed by atoms with Crippen LogP contribution in [-0.2, 0) is 0 Å². The number of hydrogen-bond donors (Lipinski definition) is 0. The number of fused-ring (bicyclic) bond motifs is 4. The molecule has 2 aliphatic heterocycles. The Morgan fingerprint density at radius 2 is 1.73 bits per heavy atom. The maximum atomic E-state index is 6.67. The van der Waals surface area contributed by atoms with Gasteiger partial charge >= 0.3 is 0 Å². The minimum absolute atomic E-state index is 0.0359. The van der Waals surface area contributed by atoms with Gasteiger partial charge in [0.15, 0.2) is 17.3 Å². The number of methoxy groups -OCH3 is 1. The van der Waals surface area contributed by atoms with Gasteiger partial charge < -0.3 is 14.0 Å². The van der Waals surface area contributed by atoms with Crippen LogP contribution in [0.2, 0.25) is 0 Å². The molecule has 2 aliphatic rings. The third kappa shape index (κ3) is 3.56. The number of nitrogens with zero attached hydrogens (tertiary/aromatic N) is 3.